The molecule has 0 spiro atoms. The summed E-state index contributed by atoms with van der Waals surface area (Å²) in [5, 5.41) is 3.86. The van der Waals surface area contributed by atoms with Crippen molar-refractivity contribution >= 4 is 17.6 Å². The van der Waals surface area contributed by atoms with E-state index in [-0.39, 0.29) is 0 Å². The second kappa shape index (κ2) is 5.74. The monoisotopic (exact) mass is 251 g/mol. The Kier molecular flexibility index (Phi) is 4.29. The third-order valence-electron chi connectivity index (χ3n) is 3.37. The molecule has 1 aliphatic heterocycles. The number of pyridine rings is 1. The van der Waals surface area contributed by atoms with Crippen LogP contribution in [-0.2, 0) is 6.54 Å². The molecule has 0 aliphatic carbocycles. The number of aromatic nitrogens is 1. The van der Waals surface area contributed by atoms with Gasteiger partial charge in [0.05, 0.1) is 0 Å². The summed E-state index contributed by atoms with van der Waals surface area (Å²) in [7, 11) is 1.97. The molecular weight excluding hydrogens is 230 g/mol. The molecule has 1 fully saturated rings. The predicted molar refractivity (Wildman–Crippen MR) is 75.7 cm³/mol. The largest absolute Gasteiger partial charge is 0.352 e. The van der Waals surface area contributed by atoms with E-state index in [0.29, 0.717) is 11.3 Å². The SMILES string of the molecule is CNCc1ccnc(N2CCSC(C)C2C)c1. The molecule has 2 atom stereocenters. The number of hydrogen-bond donors (Lipinski definition) is 1. The van der Waals surface area contributed by atoms with Gasteiger partial charge in [0.2, 0.25) is 0 Å². The van der Waals surface area contributed by atoms with Gasteiger partial charge in [0, 0.05) is 36.3 Å². The normalized spacial score (nSPS) is 25.0. The van der Waals surface area contributed by atoms with Crippen molar-refractivity contribution in [1.29, 1.82) is 0 Å². The predicted octanol–water partition coefficient (Wildman–Crippen LogP) is 2.13. The zero-order valence-corrected chi connectivity index (χ0v) is 11.6. The van der Waals surface area contributed by atoms with Crippen LogP contribution in [0, 0.1) is 0 Å². The molecule has 94 valence electrons. The van der Waals surface area contributed by atoms with Gasteiger partial charge in [-0.1, -0.05) is 6.92 Å². The zero-order valence-electron chi connectivity index (χ0n) is 10.8. The van der Waals surface area contributed by atoms with Gasteiger partial charge >= 0.3 is 0 Å². The summed E-state index contributed by atoms with van der Waals surface area (Å²) in [6, 6.07) is 4.84. The van der Waals surface area contributed by atoms with Crippen LogP contribution in [0.25, 0.3) is 0 Å². The summed E-state index contributed by atoms with van der Waals surface area (Å²) in [5.41, 5.74) is 1.30. The van der Waals surface area contributed by atoms with Crippen LogP contribution < -0.4 is 10.2 Å². The lowest BCUT2D eigenvalue weighted by atomic mass is 10.2. The van der Waals surface area contributed by atoms with Crippen molar-refractivity contribution in [2.75, 3.05) is 24.2 Å². The summed E-state index contributed by atoms with van der Waals surface area (Å²) in [4.78, 5) is 6.95. The smallest absolute Gasteiger partial charge is 0.129 e. The lowest BCUT2D eigenvalue weighted by Gasteiger charge is -2.38. The lowest BCUT2D eigenvalue weighted by Crippen LogP contribution is -2.45. The Hall–Kier alpha value is -0.740. The Bertz CT molecular complexity index is 369. The number of hydrogen-bond acceptors (Lipinski definition) is 4. The van der Waals surface area contributed by atoms with Crippen LogP contribution >= 0.6 is 11.8 Å². The van der Waals surface area contributed by atoms with Crippen LogP contribution in [0.1, 0.15) is 19.4 Å². The molecule has 4 heteroatoms. The second-order valence-electron chi connectivity index (χ2n) is 4.56. The fourth-order valence-electron chi connectivity index (χ4n) is 2.19. The highest BCUT2D eigenvalue weighted by atomic mass is 32.2. The molecule has 1 aromatic heterocycles. The summed E-state index contributed by atoms with van der Waals surface area (Å²) in [6.45, 7) is 6.61. The van der Waals surface area contributed by atoms with Gasteiger partial charge in [0.1, 0.15) is 5.82 Å². The van der Waals surface area contributed by atoms with Gasteiger partial charge in [0.15, 0.2) is 0 Å². The molecule has 1 aromatic rings. The molecule has 0 radical (unpaired) electrons. The van der Waals surface area contributed by atoms with E-state index < -0.39 is 0 Å². The van der Waals surface area contributed by atoms with Crippen molar-refractivity contribution in [2.24, 2.45) is 0 Å². The first-order valence-corrected chi connectivity index (χ1v) is 7.25. The van der Waals surface area contributed by atoms with E-state index in [2.05, 4.69) is 52.9 Å². The molecule has 2 unspecified atom stereocenters. The summed E-state index contributed by atoms with van der Waals surface area (Å²) in [5.74, 6) is 2.32. The first-order valence-electron chi connectivity index (χ1n) is 6.20. The van der Waals surface area contributed by atoms with Gasteiger partial charge in [-0.3, -0.25) is 0 Å². The van der Waals surface area contributed by atoms with Crippen LogP contribution in [0.2, 0.25) is 0 Å². The van der Waals surface area contributed by atoms with E-state index in [4.69, 9.17) is 0 Å². The van der Waals surface area contributed by atoms with Gasteiger partial charge in [-0.15, -0.1) is 0 Å². The molecule has 17 heavy (non-hydrogen) atoms. The van der Waals surface area contributed by atoms with Gasteiger partial charge in [-0.2, -0.15) is 11.8 Å². The molecule has 2 rings (SSSR count). The van der Waals surface area contributed by atoms with Crippen molar-refractivity contribution in [2.45, 2.75) is 31.7 Å². The van der Waals surface area contributed by atoms with Crippen molar-refractivity contribution in [1.82, 2.24) is 10.3 Å². The Morgan fingerprint density at radius 3 is 3.12 bits per heavy atom. The Morgan fingerprint density at radius 1 is 1.53 bits per heavy atom. The van der Waals surface area contributed by atoms with Crippen molar-refractivity contribution in [3.05, 3.63) is 23.9 Å². The van der Waals surface area contributed by atoms with Crippen molar-refractivity contribution in [3.8, 4) is 0 Å². The van der Waals surface area contributed by atoms with E-state index in [0.717, 1.165) is 18.9 Å². The molecule has 0 aromatic carbocycles. The highest BCUT2D eigenvalue weighted by molar-refractivity contribution is 8.00. The minimum Gasteiger partial charge on any atom is -0.352 e. The minimum absolute atomic E-state index is 0.561. The number of anilines is 1. The highest BCUT2D eigenvalue weighted by Crippen LogP contribution is 2.28. The van der Waals surface area contributed by atoms with Crippen LogP contribution in [0.5, 0.6) is 0 Å². The van der Waals surface area contributed by atoms with Gasteiger partial charge < -0.3 is 10.2 Å². The summed E-state index contributed by atoms with van der Waals surface area (Å²) >= 11 is 2.06. The molecule has 0 saturated carbocycles. The van der Waals surface area contributed by atoms with Crippen molar-refractivity contribution < 1.29 is 0 Å². The van der Waals surface area contributed by atoms with Crippen molar-refractivity contribution in [3.63, 3.8) is 0 Å². The van der Waals surface area contributed by atoms with E-state index in [1.54, 1.807) is 0 Å². The topological polar surface area (TPSA) is 28.2 Å². The summed E-state index contributed by atoms with van der Waals surface area (Å²) in [6.07, 6.45) is 1.92. The van der Waals surface area contributed by atoms with Gasteiger partial charge in [-0.05, 0) is 31.7 Å². The molecule has 1 N–H and O–H groups in total. The third-order valence-corrected chi connectivity index (χ3v) is 4.71. The maximum Gasteiger partial charge on any atom is 0.129 e. The highest BCUT2D eigenvalue weighted by Gasteiger charge is 2.25. The standard InChI is InChI=1S/C13H21N3S/c1-10-11(2)17-7-6-16(10)13-8-12(9-14-3)4-5-15-13/h4-5,8,10-11,14H,6-7,9H2,1-3H3. The fraction of sp³-hybridized carbons (Fsp3) is 0.615. The molecule has 1 aliphatic rings. The second-order valence-corrected chi connectivity index (χ2v) is 6.05. The molecule has 1 saturated heterocycles. The number of nitrogens with one attached hydrogen (secondary N) is 1. The van der Waals surface area contributed by atoms with E-state index >= 15 is 0 Å². The van der Waals surface area contributed by atoms with Crippen LogP contribution in [0.3, 0.4) is 0 Å². The molecule has 2 heterocycles. The molecular formula is C13H21N3S. The van der Waals surface area contributed by atoms with E-state index in [1.807, 2.05) is 13.2 Å². The minimum atomic E-state index is 0.561. The summed E-state index contributed by atoms with van der Waals surface area (Å²) < 4.78 is 0. The zero-order chi connectivity index (χ0) is 12.3. The molecule has 0 bridgehead atoms. The molecule has 3 nitrogen and oxygen atoms in total. The quantitative estimate of drug-likeness (QED) is 0.891. The number of nitrogens with zero attached hydrogens (tertiary/aromatic N) is 2. The maximum atomic E-state index is 4.52. The van der Waals surface area contributed by atoms with Crippen LogP contribution in [0.4, 0.5) is 5.82 Å². The Balaban J connectivity index is 2.17. The van der Waals surface area contributed by atoms with Crippen LogP contribution in [-0.4, -0.2) is 35.6 Å². The van der Waals surface area contributed by atoms with Gasteiger partial charge in [0.25, 0.3) is 0 Å². The third kappa shape index (κ3) is 2.93. The Labute approximate surface area is 108 Å². The van der Waals surface area contributed by atoms with Crippen LogP contribution in [0.15, 0.2) is 18.3 Å². The maximum absolute atomic E-state index is 4.52. The molecule has 0 amide bonds. The first-order chi connectivity index (χ1) is 8.22. The first kappa shape index (κ1) is 12.7. The lowest BCUT2D eigenvalue weighted by molar-refractivity contribution is 0.619. The van der Waals surface area contributed by atoms with E-state index in [9.17, 15) is 0 Å². The number of rotatable bonds is 3. The average Bonchev–Trinajstić information content (AvgIpc) is 2.33. The van der Waals surface area contributed by atoms with E-state index in [1.165, 1.54) is 11.3 Å². The average molecular weight is 251 g/mol. The number of thioether (sulfide) groups is 1. The van der Waals surface area contributed by atoms with Gasteiger partial charge in [-0.25, -0.2) is 4.98 Å². The fourth-order valence-corrected chi connectivity index (χ4v) is 3.29. The Morgan fingerprint density at radius 2 is 2.35 bits per heavy atom.